The predicted molar refractivity (Wildman–Crippen MR) is 89.1 cm³/mol. The van der Waals surface area contributed by atoms with Crippen molar-refractivity contribution in [3.8, 4) is 0 Å². The third-order valence-electron chi connectivity index (χ3n) is 3.58. The third-order valence-corrected chi connectivity index (χ3v) is 3.58. The molecule has 1 atom stereocenters. The molecule has 0 aliphatic rings. The second-order valence-electron chi connectivity index (χ2n) is 5.95. The highest BCUT2D eigenvalue weighted by Crippen LogP contribution is 2.26. The fraction of sp³-hybridized carbons (Fsp3) is 0.412. The van der Waals surface area contributed by atoms with Crippen molar-refractivity contribution in [3.63, 3.8) is 0 Å². The van der Waals surface area contributed by atoms with Gasteiger partial charge in [-0.15, -0.1) is 0 Å². The molecule has 1 heterocycles. The molecule has 2 rings (SSSR count). The number of likely N-dealkylation sites (N-methyl/N-ethyl adjacent to an activating group) is 1. The van der Waals surface area contributed by atoms with Gasteiger partial charge in [-0.05, 0) is 40.0 Å². The number of para-hydroxylation sites is 1. The van der Waals surface area contributed by atoms with Gasteiger partial charge in [0.2, 0.25) is 5.91 Å². The number of nitrogens with one attached hydrogen (secondary N) is 2. The summed E-state index contributed by atoms with van der Waals surface area (Å²) in [5.74, 6) is 0.432. The van der Waals surface area contributed by atoms with Gasteiger partial charge >= 0.3 is 6.03 Å². The van der Waals surface area contributed by atoms with Crippen LogP contribution in [0.5, 0.6) is 0 Å². The van der Waals surface area contributed by atoms with Crippen molar-refractivity contribution >= 4 is 22.9 Å². The summed E-state index contributed by atoms with van der Waals surface area (Å²) < 4.78 is 5.81. The summed E-state index contributed by atoms with van der Waals surface area (Å²) in [6.45, 7) is 5.72. The molecule has 0 spiro atoms. The molecule has 0 saturated heterocycles. The number of furan rings is 1. The Hall–Kier alpha value is -2.34. The van der Waals surface area contributed by atoms with Crippen LogP contribution in [0.25, 0.3) is 11.0 Å². The average Bonchev–Trinajstić information content (AvgIpc) is 2.88. The highest BCUT2D eigenvalue weighted by Gasteiger charge is 2.19. The fourth-order valence-corrected chi connectivity index (χ4v) is 2.25. The van der Waals surface area contributed by atoms with Gasteiger partial charge in [0.25, 0.3) is 0 Å². The van der Waals surface area contributed by atoms with E-state index in [1.165, 1.54) is 0 Å². The summed E-state index contributed by atoms with van der Waals surface area (Å²) in [6, 6.07) is 9.17. The Morgan fingerprint density at radius 1 is 1.22 bits per heavy atom. The van der Waals surface area contributed by atoms with Crippen LogP contribution in [0.15, 0.2) is 34.7 Å². The standard InChI is InChI=1S/C17H23N3O3/c1-11(2)18-17(22)19-16(21)10-20(4)12(3)15-9-13-7-5-6-8-14(13)23-15/h5-9,11-12H,10H2,1-4H3,(H2,18,19,21,22). The molecule has 1 aromatic heterocycles. The Bertz CT molecular complexity index is 660. The zero-order valence-electron chi connectivity index (χ0n) is 13.9. The first kappa shape index (κ1) is 17.0. The van der Waals surface area contributed by atoms with E-state index < -0.39 is 6.03 Å². The predicted octanol–water partition coefficient (Wildman–Crippen LogP) is 2.66. The van der Waals surface area contributed by atoms with Crippen molar-refractivity contribution in [1.82, 2.24) is 15.5 Å². The Morgan fingerprint density at radius 2 is 1.91 bits per heavy atom. The molecule has 124 valence electrons. The first-order valence-corrected chi connectivity index (χ1v) is 7.66. The number of carbonyl (C=O) groups excluding carboxylic acids is 2. The maximum absolute atomic E-state index is 11.9. The SMILES string of the molecule is CC(C)NC(=O)NC(=O)CN(C)C(C)c1cc2ccccc2o1. The minimum atomic E-state index is -0.477. The minimum absolute atomic E-state index is 0.0185. The zero-order chi connectivity index (χ0) is 17.0. The van der Waals surface area contributed by atoms with Crippen LogP contribution >= 0.6 is 0 Å². The highest BCUT2D eigenvalue weighted by molar-refractivity contribution is 5.95. The van der Waals surface area contributed by atoms with Gasteiger partial charge in [0.15, 0.2) is 0 Å². The van der Waals surface area contributed by atoms with Crippen molar-refractivity contribution in [2.45, 2.75) is 32.9 Å². The summed E-state index contributed by atoms with van der Waals surface area (Å²) in [7, 11) is 1.82. The molecule has 0 aliphatic carbocycles. The maximum atomic E-state index is 11.9. The molecular weight excluding hydrogens is 294 g/mol. The largest absolute Gasteiger partial charge is 0.459 e. The van der Waals surface area contributed by atoms with Gasteiger partial charge in [-0.1, -0.05) is 18.2 Å². The third kappa shape index (κ3) is 4.56. The van der Waals surface area contributed by atoms with Gasteiger partial charge < -0.3 is 9.73 Å². The molecule has 0 fully saturated rings. The second-order valence-corrected chi connectivity index (χ2v) is 5.95. The Labute approximate surface area is 135 Å². The van der Waals surface area contributed by atoms with Gasteiger partial charge in [-0.3, -0.25) is 15.0 Å². The number of hydrogen-bond acceptors (Lipinski definition) is 4. The lowest BCUT2D eigenvalue weighted by Gasteiger charge is -2.22. The van der Waals surface area contributed by atoms with Crippen molar-refractivity contribution in [2.24, 2.45) is 0 Å². The van der Waals surface area contributed by atoms with E-state index in [0.717, 1.165) is 16.7 Å². The van der Waals surface area contributed by atoms with Gasteiger partial charge in [0, 0.05) is 11.4 Å². The van der Waals surface area contributed by atoms with Crippen molar-refractivity contribution in [2.75, 3.05) is 13.6 Å². The van der Waals surface area contributed by atoms with E-state index in [1.807, 2.05) is 63.1 Å². The molecule has 0 radical (unpaired) electrons. The lowest BCUT2D eigenvalue weighted by molar-refractivity contribution is -0.121. The number of carbonyl (C=O) groups is 2. The molecule has 6 nitrogen and oxygen atoms in total. The molecule has 2 N–H and O–H groups in total. The number of rotatable bonds is 5. The normalized spacial score (nSPS) is 12.6. The van der Waals surface area contributed by atoms with Crippen LogP contribution < -0.4 is 10.6 Å². The van der Waals surface area contributed by atoms with E-state index in [2.05, 4.69) is 10.6 Å². The molecular formula is C17H23N3O3. The lowest BCUT2D eigenvalue weighted by atomic mass is 10.2. The van der Waals surface area contributed by atoms with Gasteiger partial charge in [0.05, 0.1) is 12.6 Å². The van der Waals surface area contributed by atoms with Crippen LogP contribution in [-0.2, 0) is 4.79 Å². The summed E-state index contributed by atoms with van der Waals surface area (Å²) >= 11 is 0. The Morgan fingerprint density at radius 3 is 2.57 bits per heavy atom. The number of imide groups is 1. The molecule has 6 heteroatoms. The van der Waals surface area contributed by atoms with Crippen LogP contribution in [0, 0.1) is 0 Å². The van der Waals surface area contributed by atoms with E-state index in [-0.39, 0.29) is 24.5 Å². The summed E-state index contributed by atoms with van der Waals surface area (Å²) in [5, 5.41) is 5.96. The molecule has 0 bridgehead atoms. The quantitative estimate of drug-likeness (QED) is 0.889. The second kappa shape index (κ2) is 7.28. The molecule has 2 aromatic rings. The summed E-state index contributed by atoms with van der Waals surface area (Å²) in [5.41, 5.74) is 0.823. The lowest BCUT2D eigenvalue weighted by Crippen LogP contribution is -2.46. The number of benzene rings is 1. The van der Waals surface area contributed by atoms with Crippen molar-refractivity contribution in [1.29, 1.82) is 0 Å². The first-order valence-electron chi connectivity index (χ1n) is 7.66. The fourth-order valence-electron chi connectivity index (χ4n) is 2.25. The minimum Gasteiger partial charge on any atom is -0.459 e. The first-order chi connectivity index (χ1) is 10.9. The van der Waals surface area contributed by atoms with E-state index in [9.17, 15) is 9.59 Å². The number of urea groups is 1. The summed E-state index contributed by atoms with van der Waals surface area (Å²) in [6.07, 6.45) is 0. The average molecular weight is 317 g/mol. The molecule has 0 aliphatic heterocycles. The molecule has 1 aromatic carbocycles. The molecule has 1 unspecified atom stereocenters. The van der Waals surface area contributed by atoms with Crippen LogP contribution in [0.2, 0.25) is 0 Å². The van der Waals surface area contributed by atoms with Crippen LogP contribution in [0.4, 0.5) is 4.79 Å². The van der Waals surface area contributed by atoms with Gasteiger partial charge in [0.1, 0.15) is 11.3 Å². The van der Waals surface area contributed by atoms with E-state index in [0.29, 0.717) is 0 Å². The zero-order valence-corrected chi connectivity index (χ0v) is 13.9. The van der Waals surface area contributed by atoms with E-state index in [4.69, 9.17) is 4.42 Å². The molecule has 3 amide bonds. The van der Waals surface area contributed by atoms with Gasteiger partial charge in [-0.2, -0.15) is 0 Å². The van der Waals surface area contributed by atoms with E-state index in [1.54, 1.807) is 0 Å². The van der Waals surface area contributed by atoms with Crippen LogP contribution in [-0.4, -0.2) is 36.5 Å². The highest BCUT2D eigenvalue weighted by atomic mass is 16.3. The van der Waals surface area contributed by atoms with Gasteiger partial charge in [-0.25, -0.2) is 4.79 Å². The van der Waals surface area contributed by atoms with Crippen LogP contribution in [0.1, 0.15) is 32.6 Å². The van der Waals surface area contributed by atoms with Crippen LogP contribution in [0.3, 0.4) is 0 Å². The number of fused-ring (bicyclic) bond motifs is 1. The van der Waals surface area contributed by atoms with E-state index >= 15 is 0 Å². The Balaban J connectivity index is 1.95. The Kier molecular flexibility index (Phi) is 5.39. The maximum Gasteiger partial charge on any atom is 0.321 e. The number of nitrogens with zero attached hydrogens (tertiary/aromatic N) is 1. The monoisotopic (exact) mass is 317 g/mol. The summed E-state index contributed by atoms with van der Waals surface area (Å²) in [4.78, 5) is 25.3. The van der Waals surface area contributed by atoms with Crippen molar-refractivity contribution in [3.05, 3.63) is 36.1 Å². The molecule has 0 saturated carbocycles. The molecule has 23 heavy (non-hydrogen) atoms. The smallest absolute Gasteiger partial charge is 0.321 e. The number of hydrogen-bond donors (Lipinski definition) is 2. The number of amides is 3. The van der Waals surface area contributed by atoms with Crippen molar-refractivity contribution < 1.29 is 14.0 Å². The topological polar surface area (TPSA) is 74.6 Å².